The molecule has 0 unspecified atom stereocenters. The molecule has 0 heterocycles. The van der Waals surface area contributed by atoms with Gasteiger partial charge in [0.1, 0.15) is 5.75 Å². The van der Waals surface area contributed by atoms with Gasteiger partial charge in [-0.05, 0) is 40.9 Å². The van der Waals surface area contributed by atoms with Crippen LogP contribution in [0.4, 0.5) is 0 Å². The number of nitrogens with two attached hydrogens (primary N) is 1. The fraction of sp³-hybridized carbons (Fsp3) is 0.400. The number of phenols is 1. The van der Waals surface area contributed by atoms with Gasteiger partial charge in [0.15, 0.2) is 0 Å². The van der Waals surface area contributed by atoms with E-state index in [9.17, 15) is 5.11 Å². The topological polar surface area (TPSA) is 66.5 Å². The lowest BCUT2D eigenvalue weighted by atomic mass is 9.99. The Hall–Kier alpha value is -0.100. The number of aromatic hydroxyl groups is 1. The predicted molar refractivity (Wildman–Crippen MR) is 67.0 cm³/mol. The zero-order chi connectivity index (χ0) is 11.7. The number of benzene rings is 1. The predicted octanol–water partition coefficient (Wildman–Crippen LogP) is 2.53. The van der Waals surface area contributed by atoms with Crippen molar-refractivity contribution in [2.75, 3.05) is 6.61 Å². The summed E-state index contributed by atoms with van der Waals surface area (Å²) in [5, 5.41) is 18.9. The second-order valence-corrected chi connectivity index (χ2v) is 5.02. The van der Waals surface area contributed by atoms with Gasteiger partial charge in [0, 0.05) is 10.0 Å². The van der Waals surface area contributed by atoms with Gasteiger partial charge in [-0.15, -0.1) is 0 Å². The van der Waals surface area contributed by atoms with Crippen molar-refractivity contribution in [3.05, 3.63) is 25.6 Å². The molecule has 0 saturated heterocycles. The highest BCUT2D eigenvalue weighted by Gasteiger charge is 2.20. The maximum absolute atomic E-state index is 9.93. The first-order valence-electron chi connectivity index (χ1n) is 4.45. The minimum Gasteiger partial charge on any atom is -0.506 e. The Kier molecular flexibility index (Phi) is 4.17. The van der Waals surface area contributed by atoms with Crippen molar-refractivity contribution in [2.24, 2.45) is 5.73 Å². The van der Waals surface area contributed by atoms with Crippen LogP contribution in [0.1, 0.15) is 22.7 Å². The number of rotatable bonds is 2. The molecule has 0 bridgehead atoms. The molecule has 1 aromatic rings. The summed E-state index contributed by atoms with van der Waals surface area (Å²) in [5.74, 6) is 0.106. The van der Waals surface area contributed by atoms with Crippen LogP contribution in [0.5, 0.6) is 5.75 Å². The van der Waals surface area contributed by atoms with Crippen LogP contribution in [-0.4, -0.2) is 16.8 Å². The summed E-state index contributed by atoms with van der Waals surface area (Å²) in [4.78, 5) is 0. The first-order valence-corrected chi connectivity index (χ1v) is 6.03. The minimum absolute atomic E-state index is 0.106. The van der Waals surface area contributed by atoms with Gasteiger partial charge in [0.2, 0.25) is 0 Å². The molecule has 15 heavy (non-hydrogen) atoms. The third kappa shape index (κ3) is 2.20. The highest BCUT2D eigenvalue weighted by molar-refractivity contribution is 9.11. The molecule has 1 aromatic carbocycles. The Bertz CT molecular complexity index is 364. The maximum atomic E-state index is 9.93. The summed E-state index contributed by atoms with van der Waals surface area (Å²) >= 11 is 6.73. The molecular weight excluding hydrogens is 326 g/mol. The van der Waals surface area contributed by atoms with Crippen molar-refractivity contribution < 1.29 is 10.2 Å². The lowest BCUT2D eigenvalue weighted by molar-refractivity contribution is 0.264. The molecule has 5 heteroatoms. The molecule has 0 spiro atoms. The summed E-state index contributed by atoms with van der Waals surface area (Å²) in [6.45, 7) is 3.54. The molecule has 0 aliphatic carbocycles. The molecule has 3 nitrogen and oxygen atoms in total. The highest BCUT2D eigenvalue weighted by Crippen LogP contribution is 2.41. The molecule has 0 fully saturated rings. The van der Waals surface area contributed by atoms with E-state index in [1.807, 2.05) is 13.8 Å². The lowest BCUT2D eigenvalue weighted by Gasteiger charge is -2.18. The SMILES string of the molecule is Cc1c(Br)c(C)c([C@H](N)CO)c(O)c1Br. The summed E-state index contributed by atoms with van der Waals surface area (Å²) < 4.78 is 1.50. The van der Waals surface area contributed by atoms with Crippen LogP contribution in [0, 0.1) is 13.8 Å². The van der Waals surface area contributed by atoms with Crippen molar-refractivity contribution in [1.82, 2.24) is 0 Å². The number of aliphatic hydroxyl groups is 1. The van der Waals surface area contributed by atoms with Crippen LogP contribution in [-0.2, 0) is 0 Å². The van der Waals surface area contributed by atoms with E-state index in [1.165, 1.54) is 0 Å². The Balaban J connectivity index is 3.52. The van der Waals surface area contributed by atoms with E-state index in [0.717, 1.165) is 15.6 Å². The van der Waals surface area contributed by atoms with Gasteiger partial charge < -0.3 is 15.9 Å². The summed E-state index contributed by atoms with van der Waals surface area (Å²) in [7, 11) is 0. The second kappa shape index (κ2) is 4.82. The monoisotopic (exact) mass is 337 g/mol. The molecule has 84 valence electrons. The maximum Gasteiger partial charge on any atom is 0.135 e. The standard InChI is InChI=1S/C10H13Br2NO2/c1-4-7(6(13)3-14)10(15)9(12)5(2)8(4)11/h6,14-15H,3,13H2,1-2H3/t6-/m1/s1. The molecular formula is C10H13Br2NO2. The van der Waals surface area contributed by atoms with Gasteiger partial charge in [-0.2, -0.15) is 0 Å². The summed E-state index contributed by atoms with van der Waals surface area (Å²) in [5.41, 5.74) is 8.08. The van der Waals surface area contributed by atoms with Crippen molar-refractivity contribution in [1.29, 1.82) is 0 Å². The van der Waals surface area contributed by atoms with Crippen LogP contribution in [0.2, 0.25) is 0 Å². The van der Waals surface area contributed by atoms with E-state index >= 15 is 0 Å². The third-order valence-electron chi connectivity index (χ3n) is 2.42. The Morgan fingerprint density at radius 2 is 1.73 bits per heavy atom. The molecule has 1 rings (SSSR count). The zero-order valence-electron chi connectivity index (χ0n) is 8.51. The first-order chi connectivity index (χ1) is 6.91. The first kappa shape index (κ1) is 13.0. The fourth-order valence-corrected chi connectivity index (χ4v) is 2.60. The normalized spacial score (nSPS) is 12.9. The van der Waals surface area contributed by atoms with Gasteiger partial charge in [-0.3, -0.25) is 0 Å². The van der Waals surface area contributed by atoms with Crippen LogP contribution < -0.4 is 5.73 Å². The van der Waals surface area contributed by atoms with Gasteiger partial charge in [-0.1, -0.05) is 15.9 Å². The van der Waals surface area contributed by atoms with Crippen molar-refractivity contribution in [2.45, 2.75) is 19.9 Å². The molecule has 0 saturated carbocycles. The van der Waals surface area contributed by atoms with Gasteiger partial charge in [0.25, 0.3) is 0 Å². The molecule has 1 atom stereocenters. The molecule has 4 N–H and O–H groups in total. The van der Waals surface area contributed by atoms with E-state index in [4.69, 9.17) is 10.8 Å². The second-order valence-electron chi connectivity index (χ2n) is 3.43. The van der Waals surface area contributed by atoms with Crippen molar-refractivity contribution >= 4 is 31.9 Å². The number of aliphatic hydroxyl groups excluding tert-OH is 1. The van der Waals surface area contributed by atoms with E-state index in [0.29, 0.717) is 10.0 Å². The molecule has 0 aliphatic rings. The largest absolute Gasteiger partial charge is 0.506 e. The molecule has 0 aliphatic heterocycles. The van der Waals surface area contributed by atoms with Gasteiger partial charge in [-0.25, -0.2) is 0 Å². The van der Waals surface area contributed by atoms with E-state index in [2.05, 4.69) is 31.9 Å². The summed E-state index contributed by atoms with van der Waals surface area (Å²) in [6.07, 6.45) is 0. The average Bonchev–Trinajstić information content (AvgIpc) is 2.23. The summed E-state index contributed by atoms with van der Waals surface area (Å²) in [6, 6.07) is -0.571. The van der Waals surface area contributed by atoms with Crippen LogP contribution in [0.15, 0.2) is 8.95 Å². The highest BCUT2D eigenvalue weighted by atomic mass is 79.9. The van der Waals surface area contributed by atoms with E-state index in [-0.39, 0.29) is 12.4 Å². The number of halogens is 2. The lowest BCUT2D eigenvalue weighted by Crippen LogP contribution is -2.16. The van der Waals surface area contributed by atoms with Gasteiger partial charge >= 0.3 is 0 Å². The van der Waals surface area contributed by atoms with Crippen LogP contribution in [0.3, 0.4) is 0 Å². The van der Waals surface area contributed by atoms with Crippen molar-refractivity contribution in [3.63, 3.8) is 0 Å². The zero-order valence-corrected chi connectivity index (χ0v) is 11.7. The minimum atomic E-state index is -0.571. The third-order valence-corrected chi connectivity index (χ3v) is 4.58. The van der Waals surface area contributed by atoms with E-state index in [1.54, 1.807) is 0 Å². The fourth-order valence-electron chi connectivity index (χ4n) is 1.51. The van der Waals surface area contributed by atoms with Gasteiger partial charge in [0.05, 0.1) is 17.1 Å². The number of hydrogen-bond acceptors (Lipinski definition) is 3. The van der Waals surface area contributed by atoms with Crippen LogP contribution >= 0.6 is 31.9 Å². The smallest absolute Gasteiger partial charge is 0.135 e. The Labute approximate surface area is 106 Å². The Morgan fingerprint density at radius 1 is 1.20 bits per heavy atom. The quantitative estimate of drug-likeness (QED) is 0.776. The Morgan fingerprint density at radius 3 is 2.20 bits per heavy atom. The van der Waals surface area contributed by atoms with Crippen LogP contribution in [0.25, 0.3) is 0 Å². The molecule has 0 radical (unpaired) electrons. The molecule has 0 amide bonds. The average molecular weight is 339 g/mol. The van der Waals surface area contributed by atoms with E-state index < -0.39 is 6.04 Å². The number of hydrogen-bond donors (Lipinski definition) is 3. The van der Waals surface area contributed by atoms with Crippen molar-refractivity contribution in [3.8, 4) is 5.75 Å². The molecule has 0 aromatic heterocycles. The number of phenolic OH excluding ortho intramolecular Hbond substituents is 1.